The molecule has 55 heavy (non-hydrogen) atoms. The lowest BCUT2D eigenvalue weighted by Crippen LogP contribution is -2.43. The lowest BCUT2D eigenvalue weighted by Gasteiger charge is -2.32. The SMILES string of the molecule is COc1ccc(N(CCCCNS(=O)(=O)c2cccc3c(N(C)C)cccc23)S(=O)(=O)c2sc3ccc(Cl)cc3c2C)cc1N1CCNCC1.Cl.Cl.Cl.Cl.Cl. The standard InChI is InChI=1S/C36H42ClN5O5S3.5ClH/c1-25-30-23-26(37)13-16-34(30)48-36(25)50(45,46)42(27-14-15-33(47-4)32(24-27)41-21-18-38-19-22-41)20-6-5-17-39-49(43,44)35-12-8-9-28-29(35)10-7-11-31(28)40(2)3;;;;;/h7-16,23-24,38-39H,5-6,17-22H2,1-4H3;5*1H. The minimum absolute atomic E-state index is 0. The topological polar surface area (TPSA) is 111 Å². The summed E-state index contributed by atoms with van der Waals surface area (Å²) in [6.45, 7) is 5.24. The second-order valence-electron chi connectivity index (χ2n) is 12.5. The Kier molecular flexibility index (Phi) is 20.0. The maximum atomic E-state index is 14.6. The smallest absolute Gasteiger partial charge is 0.274 e. The quantitative estimate of drug-likeness (QED) is 0.113. The third-order valence-electron chi connectivity index (χ3n) is 9.00. The fourth-order valence-corrected chi connectivity index (χ4v) is 11.2. The summed E-state index contributed by atoms with van der Waals surface area (Å²) in [7, 11) is -2.40. The molecular weight excluding hydrogens is 891 g/mol. The van der Waals surface area contributed by atoms with Crippen molar-refractivity contribution in [2.75, 3.05) is 74.6 Å². The monoisotopic (exact) mass is 935 g/mol. The van der Waals surface area contributed by atoms with Gasteiger partial charge >= 0.3 is 0 Å². The number of unbranched alkanes of at least 4 members (excludes halogenated alkanes) is 1. The third kappa shape index (κ3) is 10.9. The van der Waals surface area contributed by atoms with E-state index in [1.165, 1.54) is 15.6 Å². The van der Waals surface area contributed by atoms with Gasteiger partial charge in [0.1, 0.15) is 9.96 Å². The van der Waals surface area contributed by atoms with Gasteiger partial charge < -0.3 is 19.9 Å². The Morgan fingerprint density at radius 1 is 0.855 bits per heavy atom. The van der Waals surface area contributed by atoms with Crippen LogP contribution < -0.4 is 28.9 Å². The molecule has 0 saturated carbocycles. The van der Waals surface area contributed by atoms with Crippen molar-refractivity contribution in [1.29, 1.82) is 0 Å². The summed E-state index contributed by atoms with van der Waals surface area (Å²) in [4.78, 5) is 4.36. The third-order valence-corrected chi connectivity index (χ3v) is 14.4. The number of rotatable bonds is 13. The van der Waals surface area contributed by atoms with Crippen molar-refractivity contribution in [1.82, 2.24) is 10.0 Å². The molecule has 19 heteroatoms. The Morgan fingerprint density at radius 3 is 2.20 bits per heavy atom. The predicted octanol–water partition coefficient (Wildman–Crippen LogP) is 8.56. The summed E-state index contributed by atoms with van der Waals surface area (Å²) < 4.78 is 67.2. The van der Waals surface area contributed by atoms with Crippen LogP contribution in [0.4, 0.5) is 17.1 Å². The van der Waals surface area contributed by atoms with Gasteiger partial charge in [0, 0.05) is 79.5 Å². The van der Waals surface area contributed by atoms with Crippen molar-refractivity contribution in [3.8, 4) is 5.75 Å². The first-order chi connectivity index (χ1) is 23.9. The number of methoxy groups -OCH3 is 1. The van der Waals surface area contributed by atoms with Gasteiger partial charge in [-0.1, -0.05) is 35.9 Å². The van der Waals surface area contributed by atoms with Crippen LogP contribution in [0.3, 0.4) is 0 Å². The molecule has 2 heterocycles. The average Bonchev–Trinajstić information content (AvgIpc) is 3.45. The zero-order valence-electron chi connectivity index (χ0n) is 30.6. The highest BCUT2D eigenvalue weighted by molar-refractivity contribution is 7.95. The van der Waals surface area contributed by atoms with Crippen LogP contribution >= 0.6 is 85.0 Å². The lowest BCUT2D eigenvalue weighted by atomic mass is 10.1. The van der Waals surface area contributed by atoms with Gasteiger partial charge in [0.15, 0.2) is 0 Å². The molecular formula is C36H47Cl6N5O5S3. The molecule has 0 atom stereocenters. The number of thiophene rings is 1. The number of aryl methyl sites for hydroxylation is 1. The summed E-state index contributed by atoms with van der Waals surface area (Å²) in [5.74, 6) is 0.668. The number of halogens is 6. The van der Waals surface area contributed by atoms with Crippen LogP contribution in [0, 0.1) is 6.92 Å². The highest BCUT2D eigenvalue weighted by Gasteiger charge is 2.31. The maximum absolute atomic E-state index is 14.6. The summed E-state index contributed by atoms with van der Waals surface area (Å²) in [5, 5.41) is 6.19. The van der Waals surface area contributed by atoms with Crippen LogP contribution in [0.1, 0.15) is 18.4 Å². The van der Waals surface area contributed by atoms with Crippen LogP contribution in [-0.4, -0.2) is 77.3 Å². The molecule has 6 rings (SSSR count). The number of hydrogen-bond donors (Lipinski definition) is 2. The highest BCUT2D eigenvalue weighted by Crippen LogP contribution is 2.40. The Balaban J connectivity index is 0.00000302. The minimum Gasteiger partial charge on any atom is -0.495 e. The Labute approximate surface area is 364 Å². The van der Waals surface area contributed by atoms with Crippen LogP contribution in [0.2, 0.25) is 5.02 Å². The van der Waals surface area contributed by atoms with E-state index < -0.39 is 20.0 Å². The second-order valence-corrected chi connectivity index (χ2v) is 17.7. The molecule has 10 nitrogen and oxygen atoms in total. The van der Waals surface area contributed by atoms with E-state index in [1.54, 1.807) is 37.4 Å². The van der Waals surface area contributed by atoms with Crippen molar-refractivity contribution >= 4 is 143 Å². The highest BCUT2D eigenvalue weighted by atomic mass is 35.5. The largest absolute Gasteiger partial charge is 0.495 e. The molecule has 306 valence electrons. The summed E-state index contributed by atoms with van der Waals surface area (Å²) in [6.07, 6.45) is 0.827. The van der Waals surface area contributed by atoms with E-state index in [0.717, 1.165) is 53.0 Å². The van der Waals surface area contributed by atoms with Gasteiger partial charge in [-0.25, -0.2) is 21.6 Å². The van der Waals surface area contributed by atoms with E-state index in [0.29, 0.717) is 40.3 Å². The number of sulfonamides is 2. The lowest BCUT2D eigenvalue weighted by molar-refractivity contribution is 0.413. The molecule has 0 bridgehead atoms. The molecule has 0 radical (unpaired) electrons. The number of nitrogens with zero attached hydrogens (tertiary/aromatic N) is 3. The Bertz CT molecular complexity index is 2260. The molecule has 1 aliphatic heterocycles. The molecule has 1 fully saturated rings. The Hall–Kier alpha value is -2.14. The van der Waals surface area contributed by atoms with Crippen LogP contribution in [-0.2, 0) is 20.0 Å². The fraction of sp³-hybridized carbons (Fsp3) is 0.333. The molecule has 0 spiro atoms. The van der Waals surface area contributed by atoms with Crippen molar-refractivity contribution in [3.05, 3.63) is 83.4 Å². The first-order valence-electron chi connectivity index (χ1n) is 16.5. The normalized spacial score (nSPS) is 12.7. The maximum Gasteiger partial charge on any atom is 0.274 e. The molecule has 5 aromatic rings. The first-order valence-corrected chi connectivity index (χ1v) is 20.6. The minimum atomic E-state index is -4.03. The van der Waals surface area contributed by atoms with Crippen molar-refractivity contribution < 1.29 is 21.6 Å². The van der Waals surface area contributed by atoms with Gasteiger partial charge in [0.2, 0.25) is 10.0 Å². The number of hydrogen-bond acceptors (Lipinski definition) is 9. The van der Waals surface area contributed by atoms with E-state index >= 15 is 0 Å². The van der Waals surface area contributed by atoms with Gasteiger partial charge in [-0.3, -0.25) is 4.31 Å². The molecule has 4 aromatic carbocycles. The average molecular weight is 939 g/mol. The second kappa shape index (κ2) is 21.6. The molecule has 2 N–H and O–H groups in total. The van der Waals surface area contributed by atoms with Crippen LogP contribution in [0.25, 0.3) is 20.9 Å². The number of ether oxygens (including phenoxy) is 1. The zero-order valence-corrected chi connectivity index (χ0v) is 37.9. The van der Waals surface area contributed by atoms with Gasteiger partial charge in [-0.15, -0.1) is 73.4 Å². The van der Waals surface area contributed by atoms with Gasteiger partial charge in [-0.05, 0) is 79.2 Å². The van der Waals surface area contributed by atoms with E-state index in [1.807, 2.05) is 68.4 Å². The summed E-state index contributed by atoms with van der Waals surface area (Å²) >= 11 is 7.51. The number of nitrogens with one attached hydrogen (secondary N) is 2. The molecule has 0 amide bonds. The summed E-state index contributed by atoms with van der Waals surface area (Å²) in [5.41, 5.74) is 2.92. The van der Waals surface area contributed by atoms with Gasteiger partial charge in [0.25, 0.3) is 10.0 Å². The molecule has 0 aliphatic carbocycles. The van der Waals surface area contributed by atoms with Crippen molar-refractivity contribution in [3.63, 3.8) is 0 Å². The zero-order chi connectivity index (χ0) is 35.6. The van der Waals surface area contributed by atoms with Crippen LogP contribution in [0.5, 0.6) is 5.75 Å². The van der Waals surface area contributed by atoms with E-state index in [4.69, 9.17) is 16.3 Å². The molecule has 1 saturated heterocycles. The summed E-state index contributed by atoms with van der Waals surface area (Å²) in [6, 6.07) is 21.8. The first kappa shape index (κ1) is 50.9. The van der Waals surface area contributed by atoms with E-state index in [2.05, 4.69) is 14.9 Å². The number of piperazine rings is 1. The van der Waals surface area contributed by atoms with Crippen molar-refractivity contribution in [2.24, 2.45) is 0 Å². The number of fused-ring (bicyclic) bond motifs is 2. The number of benzene rings is 4. The molecule has 1 aromatic heterocycles. The van der Waals surface area contributed by atoms with Crippen LogP contribution in [0.15, 0.2) is 81.9 Å². The Morgan fingerprint density at radius 2 is 1.53 bits per heavy atom. The van der Waals surface area contributed by atoms with Crippen molar-refractivity contribution in [2.45, 2.75) is 28.9 Å². The molecule has 0 unspecified atom stereocenters. The van der Waals surface area contributed by atoms with Gasteiger partial charge in [-0.2, -0.15) is 0 Å². The van der Waals surface area contributed by atoms with E-state index in [9.17, 15) is 16.8 Å². The fourth-order valence-electron chi connectivity index (χ4n) is 6.44. The number of anilines is 3. The predicted molar refractivity (Wildman–Crippen MR) is 243 cm³/mol. The molecule has 1 aliphatic rings. The van der Waals surface area contributed by atoms with E-state index in [-0.39, 0.29) is 84.2 Å². The van der Waals surface area contributed by atoms with Gasteiger partial charge in [0.05, 0.1) is 23.4 Å².